The van der Waals surface area contributed by atoms with Crippen LogP contribution in [0.5, 0.6) is 0 Å². The van der Waals surface area contributed by atoms with Gasteiger partial charge in [-0.15, -0.1) is 0 Å². The van der Waals surface area contributed by atoms with Crippen LogP contribution in [0.25, 0.3) is 11.0 Å². The maximum atomic E-state index is 11.1. The Morgan fingerprint density at radius 2 is 1.81 bits per heavy atom. The van der Waals surface area contributed by atoms with Crippen LogP contribution in [0, 0.1) is 6.92 Å². The number of aryl methyl sites for hydroxylation is 1. The summed E-state index contributed by atoms with van der Waals surface area (Å²) in [5.74, 6) is 0. The van der Waals surface area contributed by atoms with Gasteiger partial charge in [-0.2, -0.15) is 0 Å². The number of fused-ring (bicyclic) bond motifs is 1. The topological polar surface area (TPSA) is 101 Å². The molecule has 3 N–H and O–H groups in total. The monoisotopic (exact) mass is 389 g/mol. The molecule has 1 aromatic carbocycles. The van der Waals surface area contributed by atoms with E-state index in [1.165, 1.54) is 6.33 Å². The second kappa shape index (κ2) is 6.54. The minimum Gasteiger partial charge on any atom is -0.387 e. The summed E-state index contributed by atoms with van der Waals surface area (Å²) in [6.45, 7) is 3.41. The summed E-state index contributed by atoms with van der Waals surface area (Å²) in [5.41, 5.74) is 0.384. The molecule has 5 atom stereocenters. The lowest BCUT2D eigenvalue weighted by Crippen LogP contribution is -2.45. The lowest BCUT2D eigenvalue weighted by molar-refractivity contribution is -0.135. The van der Waals surface area contributed by atoms with Gasteiger partial charge in [-0.3, -0.25) is 0 Å². The number of hydrogen-bond acceptors (Lipinski definition) is 6. The number of aromatic nitrogens is 3. The molecule has 2 aromatic heterocycles. The van der Waals surface area contributed by atoms with E-state index in [-0.39, 0.29) is 0 Å². The van der Waals surface area contributed by atoms with Crippen LogP contribution in [-0.4, -0.2) is 48.2 Å². The molecule has 27 heavy (non-hydrogen) atoms. The molecule has 1 aliphatic heterocycles. The van der Waals surface area contributed by atoms with Gasteiger partial charge in [-0.25, -0.2) is 9.97 Å². The van der Waals surface area contributed by atoms with Gasteiger partial charge in [0, 0.05) is 16.6 Å². The second-order valence-corrected chi connectivity index (χ2v) is 7.44. The van der Waals surface area contributed by atoms with Gasteiger partial charge in [0.15, 0.2) is 6.23 Å². The molecule has 0 saturated carbocycles. The number of halogens is 1. The van der Waals surface area contributed by atoms with Crippen molar-refractivity contribution >= 4 is 22.6 Å². The van der Waals surface area contributed by atoms with Crippen LogP contribution in [0.4, 0.5) is 0 Å². The lowest BCUT2D eigenvalue weighted by Gasteiger charge is -2.32. The average Bonchev–Trinajstić information content (AvgIpc) is 3.19. The lowest BCUT2D eigenvalue weighted by atomic mass is 9.87. The first kappa shape index (κ1) is 18.3. The van der Waals surface area contributed by atoms with Crippen molar-refractivity contribution in [3.8, 4) is 0 Å². The highest BCUT2D eigenvalue weighted by Gasteiger charge is 2.52. The minimum atomic E-state index is -1.53. The highest BCUT2D eigenvalue weighted by molar-refractivity contribution is 6.30. The molecule has 0 spiro atoms. The van der Waals surface area contributed by atoms with E-state index in [1.54, 1.807) is 42.0 Å². The first-order valence-electron chi connectivity index (χ1n) is 8.59. The van der Waals surface area contributed by atoms with E-state index in [0.29, 0.717) is 16.2 Å². The highest BCUT2D eigenvalue weighted by Crippen LogP contribution is 2.40. The van der Waals surface area contributed by atoms with Gasteiger partial charge in [-0.1, -0.05) is 23.7 Å². The van der Waals surface area contributed by atoms with Gasteiger partial charge >= 0.3 is 0 Å². The molecule has 0 aliphatic carbocycles. The molecule has 1 unspecified atom stereocenters. The highest BCUT2D eigenvalue weighted by atomic mass is 35.5. The van der Waals surface area contributed by atoms with Crippen molar-refractivity contribution < 1.29 is 20.1 Å². The quantitative estimate of drug-likeness (QED) is 0.632. The van der Waals surface area contributed by atoms with Crippen LogP contribution >= 0.6 is 11.6 Å². The first-order chi connectivity index (χ1) is 12.8. The Kier molecular flexibility index (Phi) is 4.44. The summed E-state index contributed by atoms with van der Waals surface area (Å²) >= 11 is 5.91. The van der Waals surface area contributed by atoms with E-state index in [1.807, 2.05) is 13.0 Å². The third-order valence-electron chi connectivity index (χ3n) is 5.20. The molecule has 0 bridgehead atoms. The molecule has 1 fully saturated rings. The van der Waals surface area contributed by atoms with Crippen molar-refractivity contribution in [3.63, 3.8) is 0 Å². The van der Waals surface area contributed by atoms with E-state index < -0.39 is 30.1 Å². The fraction of sp³-hybridized carbons (Fsp3) is 0.368. The Morgan fingerprint density at radius 3 is 2.52 bits per heavy atom. The van der Waals surface area contributed by atoms with Crippen molar-refractivity contribution in [3.05, 3.63) is 59.1 Å². The molecule has 3 aromatic rings. The van der Waals surface area contributed by atoms with E-state index in [4.69, 9.17) is 16.3 Å². The molecule has 7 nitrogen and oxygen atoms in total. The molecule has 3 heterocycles. The predicted octanol–water partition coefficient (Wildman–Crippen LogP) is 1.92. The number of benzene rings is 1. The average molecular weight is 390 g/mol. The molecular formula is C19H20ClN3O4. The van der Waals surface area contributed by atoms with Crippen molar-refractivity contribution in [2.75, 3.05) is 0 Å². The summed E-state index contributed by atoms with van der Waals surface area (Å²) in [6, 6.07) is 8.47. The molecular weight excluding hydrogens is 370 g/mol. The summed E-state index contributed by atoms with van der Waals surface area (Å²) in [5, 5.41) is 33.6. The van der Waals surface area contributed by atoms with Gasteiger partial charge in [0.1, 0.15) is 35.9 Å². The summed E-state index contributed by atoms with van der Waals surface area (Å²) in [6.07, 6.45) is -1.30. The number of rotatable bonds is 3. The van der Waals surface area contributed by atoms with E-state index in [0.717, 1.165) is 11.1 Å². The molecule has 4 rings (SSSR count). The van der Waals surface area contributed by atoms with E-state index >= 15 is 0 Å². The zero-order valence-electron chi connectivity index (χ0n) is 14.8. The van der Waals surface area contributed by atoms with Crippen LogP contribution in [0.1, 0.15) is 24.4 Å². The molecule has 0 radical (unpaired) electrons. The van der Waals surface area contributed by atoms with Crippen LogP contribution < -0.4 is 0 Å². The number of aliphatic hydroxyl groups is 3. The fourth-order valence-corrected chi connectivity index (χ4v) is 3.73. The maximum absolute atomic E-state index is 11.1. The zero-order chi connectivity index (χ0) is 19.3. The molecule has 1 aliphatic rings. The van der Waals surface area contributed by atoms with Crippen molar-refractivity contribution in [1.82, 2.24) is 14.5 Å². The Hall–Kier alpha value is -2.03. The fourth-order valence-electron chi connectivity index (χ4n) is 3.61. The van der Waals surface area contributed by atoms with E-state index in [2.05, 4.69) is 9.97 Å². The normalized spacial score (nSPS) is 27.8. The first-order valence-corrected chi connectivity index (χ1v) is 8.96. The van der Waals surface area contributed by atoms with Crippen LogP contribution in [0.2, 0.25) is 5.02 Å². The molecule has 1 saturated heterocycles. The number of aliphatic hydroxyl groups excluding tert-OH is 2. The second-order valence-electron chi connectivity index (χ2n) is 7.00. The Bertz CT molecular complexity index is 973. The van der Waals surface area contributed by atoms with Gasteiger partial charge in [0.2, 0.25) is 0 Å². The maximum Gasteiger partial charge on any atom is 0.164 e. The number of ether oxygens (including phenoxy) is 1. The van der Waals surface area contributed by atoms with Crippen molar-refractivity contribution in [1.29, 1.82) is 0 Å². The Balaban J connectivity index is 1.70. The van der Waals surface area contributed by atoms with Gasteiger partial charge in [0.25, 0.3) is 0 Å². The predicted molar refractivity (Wildman–Crippen MR) is 99.2 cm³/mol. The summed E-state index contributed by atoms with van der Waals surface area (Å²) in [4.78, 5) is 8.42. The molecule has 142 valence electrons. The largest absolute Gasteiger partial charge is 0.387 e. The smallest absolute Gasteiger partial charge is 0.164 e. The minimum absolute atomic E-state index is 0.527. The van der Waals surface area contributed by atoms with Crippen LogP contribution in [0.3, 0.4) is 0 Å². The Morgan fingerprint density at radius 1 is 1.11 bits per heavy atom. The summed E-state index contributed by atoms with van der Waals surface area (Å²) < 4.78 is 7.60. The van der Waals surface area contributed by atoms with Gasteiger partial charge < -0.3 is 24.6 Å². The zero-order valence-corrected chi connectivity index (χ0v) is 15.6. The van der Waals surface area contributed by atoms with Crippen LogP contribution in [0.15, 0.2) is 42.9 Å². The van der Waals surface area contributed by atoms with Gasteiger partial charge in [-0.05, 0) is 37.6 Å². The standard InChI is InChI=1S/C19H20ClN3O4/c1-10-13-7-8-23(17(13)22-9-21-10)18-15(25)14(24)16(27-18)19(2,26)11-3-5-12(20)6-4-11/h3-9,14-16,18,24-26H,1-2H3/t14-,15+,16-,18+,19?/m0/s1. The molecule has 8 heteroatoms. The number of hydrogen-bond donors (Lipinski definition) is 3. The summed E-state index contributed by atoms with van der Waals surface area (Å²) in [7, 11) is 0. The van der Waals surface area contributed by atoms with E-state index in [9.17, 15) is 15.3 Å². The number of nitrogens with zero attached hydrogens (tertiary/aromatic N) is 3. The van der Waals surface area contributed by atoms with Crippen molar-refractivity contribution in [2.45, 2.75) is 44.0 Å². The third-order valence-corrected chi connectivity index (χ3v) is 5.46. The SMILES string of the molecule is Cc1ncnc2c1ccn2[C@@H]1O[C@H](C(C)(O)c2ccc(Cl)cc2)[C@@H](O)[C@H]1O. The molecule has 0 amide bonds. The third kappa shape index (κ3) is 2.92. The Labute approximate surface area is 160 Å². The van der Waals surface area contributed by atoms with Crippen LogP contribution in [-0.2, 0) is 10.3 Å². The van der Waals surface area contributed by atoms with Crippen molar-refractivity contribution in [2.24, 2.45) is 0 Å². The van der Waals surface area contributed by atoms with Gasteiger partial charge in [0.05, 0.1) is 5.69 Å².